The van der Waals surface area contributed by atoms with Crippen molar-refractivity contribution < 1.29 is 19.7 Å². The molecule has 4 nitrogen and oxygen atoms in total. The number of carbonyl (C=O) groups is 1. The molecule has 1 aliphatic carbocycles. The Morgan fingerprint density at radius 1 is 1.37 bits per heavy atom. The number of fused-ring (bicyclic) bond motifs is 1. The maximum absolute atomic E-state index is 11.2. The van der Waals surface area contributed by atoms with Crippen LogP contribution in [-0.4, -0.2) is 29.4 Å². The van der Waals surface area contributed by atoms with Gasteiger partial charge in [-0.3, -0.25) is 0 Å². The number of aliphatic hydroxyl groups excluding tert-OH is 2. The first-order valence-corrected chi connectivity index (χ1v) is 6.77. The van der Waals surface area contributed by atoms with Crippen molar-refractivity contribution in [3.63, 3.8) is 0 Å². The van der Waals surface area contributed by atoms with Crippen LogP contribution in [0.15, 0.2) is 18.2 Å². The van der Waals surface area contributed by atoms with Crippen molar-refractivity contribution in [1.29, 1.82) is 0 Å². The van der Waals surface area contributed by atoms with Gasteiger partial charge in [-0.1, -0.05) is 12.1 Å². The zero-order valence-electron chi connectivity index (χ0n) is 11.0. The molecule has 0 amide bonds. The van der Waals surface area contributed by atoms with Gasteiger partial charge in [0.1, 0.15) is 12.4 Å². The van der Waals surface area contributed by atoms with Crippen molar-refractivity contribution in [2.75, 3.05) is 13.2 Å². The molecule has 2 rings (SSSR count). The average Bonchev–Trinajstić information content (AvgIpc) is 2.45. The number of ether oxygens (including phenoxy) is 1. The van der Waals surface area contributed by atoms with Gasteiger partial charge in [-0.2, -0.15) is 0 Å². The molecule has 0 bridgehead atoms. The van der Waals surface area contributed by atoms with E-state index in [0.717, 1.165) is 37.7 Å². The van der Waals surface area contributed by atoms with Crippen molar-refractivity contribution in [3.05, 3.63) is 29.3 Å². The van der Waals surface area contributed by atoms with Crippen molar-refractivity contribution in [2.45, 2.75) is 32.1 Å². The molecule has 1 aliphatic rings. The Morgan fingerprint density at radius 3 is 2.95 bits per heavy atom. The van der Waals surface area contributed by atoms with E-state index >= 15 is 0 Å². The standard InChI is InChI=1S/C15H20O4/c16-8-2-3-11-6-7-13-12(9-11)4-1-5-14(13)19-15(18)10-17/h1,4-5,11,16-17H,2-3,6-10H2. The van der Waals surface area contributed by atoms with Crippen molar-refractivity contribution in [3.8, 4) is 5.75 Å². The zero-order valence-corrected chi connectivity index (χ0v) is 11.0. The highest BCUT2D eigenvalue weighted by molar-refractivity contribution is 5.73. The van der Waals surface area contributed by atoms with Crippen LogP contribution in [-0.2, 0) is 17.6 Å². The molecule has 0 spiro atoms. The summed E-state index contributed by atoms with van der Waals surface area (Å²) in [4.78, 5) is 11.2. The molecule has 1 atom stereocenters. The second kappa shape index (κ2) is 6.68. The molecule has 0 saturated carbocycles. The van der Waals surface area contributed by atoms with Crippen LogP contribution in [0.1, 0.15) is 30.4 Å². The van der Waals surface area contributed by atoms with Gasteiger partial charge >= 0.3 is 5.97 Å². The van der Waals surface area contributed by atoms with Gasteiger partial charge < -0.3 is 14.9 Å². The smallest absolute Gasteiger partial charge is 0.337 e. The predicted molar refractivity (Wildman–Crippen MR) is 71.0 cm³/mol. The molecule has 19 heavy (non-hydrogen) atoms. The third kappa shape index (κ3) is 3.55. The van der Waals surface area contributed by atoms with E-state index in [0.29, 0.717) is 11.7 Å². The second-order valence-electron chi connectivity index (χ2n) is 5.00. The lowest BCUT2D eigenvalue weighted by Gasteiger charge is -2.25. The first kappa shape index (κ1) is 14.0. The Kier molecular flexibility index (Phi) is 4.93. The third-order valence-corrected chi connectivity index (χ3v) is 3.66. The summed E-state index contributed by atoms with van der Waals surface area (Å²) in [6.45, 7) is -0.347. The van der Waals surface area contributed by atoms with Crippen LogP contribution in [0.3, 0.4) is 0 Å². The fraction of sp³-hybridized carbons (Fsp3) is 0.533. The molecule has 1 aromatic carbocycles. The van der Waals surface area contributed by atoms with Gasteiger partial charge in [-0.15, -0.1) is 0 Å². The highest BCUT2D eigenvalue weighted by Gasteiger charge is 2.21. The van der Waals surface area contributed by atoms with E-state index in [-0.39, 0.29) is 6.61 Å². The van der Waals surface area contributed by atoms with Crippen LogP contribution >= 0.6 is 0 Å². The number of benzene rings is 1. The van der Waals surface area contributed by atoms with Crippen molar-refractivity contribution >= 4 is 5.97 Å². The number of esters is 1. The van der Waals surface area contributed by atoms with Gasteiger partial charge in [0.15, 0.2) is 0 Å². The number of hydrogen-bond acceptors (Lipinski definition) is 4. The molecule has 4 heteroatoms. The Hall–Kier alpha value is -1.39. The molecule has 1 unspecified atom stereocenters. The molecule has 0 radical (unpaired) electrons. The first-order valence-electron chi connectivity index (χ1n) is 6.77. The maximum Gasteiger partial charge on any atom is 0.337 e. The van der Waals surface area contributed by atoms with Crippen LogP contribution < -0.4 is 4.74 Å². The van der Waals surface area contributed by atoms with Gasteiger partial charge in [0, 0.05) is 6.61 Å². The molecule has 104 valence electrons. The van der Waals surface area contributed by atoms with Gasteiger partial charge in [-0.05, 0) is 55.2 Å². The van der Waals surface area contributed by atoms with E-state index in [2.05, 4.69) is 6.07 Å². The zero-order chi connectivity index (χ0) is 13.7. The molecular weight excluding hydrogens is 244 g/mol. The summed E-state index contributed by atoms with van der Waals surface area (Å²) in [5.74, 6) is 0.566. The highest BCUT2D eigenvalue weighted by Crippen LogP contribution is 2.33. The number of hydrogen-bond donors (Lipinski definition) is 2. The average molecular weight is 264 g/mol. The summed E-state index contributed by atoms with van der Waals surface area (Å²) in [6, 6.07) is 5.73. The summed E-state index contributed by atoms with van der Waals surface area (Å²) >= 11 is 0. The summed E-state index contributed by atoms with van der Waals surface area (Å²) < 4.78 is 5.15. The molecular formula is C15H20O4. The summed E-state index contributed by atoms with van der Waals surface area (Å²) in [5.41, 5.74) is 2.31. The summed E-state index contributed by atoms with van der Waals surface area (Å²) in [6.07, 6.45) is 4.80. The highest BCUT2D eigenvalue weighted by atomic mass is 16.5. The van der Waals surface area contributed by atoms with Crippen LogP contribution in [0.2, 0.25) is 0 Å². The van der Waals surface area contributed by atoms with Gasteiger partial charge in [0.2, 0.25) is 0 Å². The van der Waals surface area contributed by atoms with Crippen molar-refractivity contribution in [2.24, 2.45) is 5.92 Å². The van der Waals surface area contributed by atoms with E-state index < -0.39 is 12.6 Å². The van der Waals surface area contributed by atoms with Crippen LogP contribution in [0.5, 0.6) is 5.75 Å². The fourth-order valence-electron chi connectivity index (χ4n) is 2.72. The Balaban J connectivity index is 2.09. The van der Waals surface area contributed by atoms with Crippen LogP contribution in [0, 0.1) is 5.92 Å². The van der Waals surface area contributed by atoms with Crippen molar-refractivity contribution in [1.82, 2.24) is 0 Å². The number of carbonyl (C=O) groups excluding carboxylic acids is 1. The lowest BCUT2D eigenvalue weighted by molar-refractivity contribution is -0.137. The topological polar surface area (TPSA) is 66.8 Å². The SMILES string of the molecule is O=C(CO)Oc1cccc2c1CCC(CCCO)C2. The quantitative estimate of drug-likeness (QED) is 0.624. The first-order chi connectivity index (χ1) is 9.24. The molecule has 0 aliphatic heterocycles. The van der Waals surface area contributed by atoms with Gasteiger partial charge in [0.05, 0.1) is 0 Å². The van der Waals surface area contributed by atoms with Gasteiger partial charge in [-0.25, -0.2) is 4.79 Å². The molecule has 0 heterocycles. The fourth-order valence-corrected chi connectivity index (χ4v) is 2.72. The second-order valence-corrected chi connectivity index (χ2v) is 5.00. The lowest BCUT2D eigenvalue weighted by Crippen LogP contribution is -2.18. The van der Waals surface area contributed by atoms with Crippen LogP contribution in [0.4, 0.5) is 0 Å². The van der Waals surface area contributed by atoms with E-state index in [1.807, 2.05) is 6.07 Å². The maximum atomic E-state index is 11.2. The normalized spacial score (nSPS) is 17.9. The van der Waals surface area contributed by atoms with E-state index in [1.165, 1.54) is 5.56 Å². The van der Waals surface area contributed by atoms with Crippen LogP contribution in [0.25, 0.3) is 0 Å². The number of aliphatic hydroxyl groups is 2. The molecule has 0 fully saturated rings. The monoisotopic (exact) mass is 264 g/mol. The third-order valence-electron chi connectivity index (χ3n) is 3.66. The minimum atomic E-state index is -0.615. The summed E-state index contributed by atoms with van der Waals surface area (Å²) in [7, 11) is 0. The predicted octanol–water partition coefficient (Wildman–Crippen LogP) is 1.46. The minimum Gasteiger partial charge on any atom is -0.425 e. The molecule has 1 aromatic rings. The Bertz CT molecular complexity index is 442. The molecule has 0 saturated heterocycles. The molecule has 0 aromatic heterocycles. The van der Waals surface area contributed by atoms with E-state index in [4.69, 9.17) is 14.9 Å². The summed E-state index contributed by atoms with van der Waals surface area (Å²) in [5, 5.41) is 17.6. The minimum absolute atomic E-state index is 0.248. The van der Waals surface area contributed by atoms with E-state index in [9.17, 15) is 4.79 Å². The van der Waals surface area contributed by atoms with Gasteiger partial charge in [0.25, 0.3) is 0 Å². The number of rotatable bonds is 5. The Labute approximate surface area is 113 Å². The Morgan fingerprint density at radius 2 is 2.21 bits per heavy atom. The lowest BCUT2D eigenvalue weighted by atomic mass is 9.81. The molecule has 2 N–H and O–H groups in total. The van der Waals surface area contributed by atoms with E-state index in [1.54, 1.807) is 6.07 Å². The largest absolute Gasteiger partial charge is 0.425 e.